The van der Waals surface area contributed by atoms with E-state index in [1.54, 1.807) is 0 Å². The van der Waals surface area contributed by atoms with Crippen LogP contribution in [0.25, 0.3) is 0 Å². The Morgan fingerprint density at radius 2 is 1.89 bits per heavy atom. The van der Waals surface area contributed by atoms with Crippen molar-refractivity contribution < 1.29 is 23.5 Å². The third-order valence-electron chi connectivity index (χ3n) is 5.14. The fraction of sp³-hybridized carbons (Fsp3) is 0.682. The summed E-state index contributed by atoms with van der Waals surface area (Å²) in [6.07, 6.45) is 4.63. The molecular weight excluding hydrogens is 342 g/mol. The summed E-state index contributed by atoms with van der Waals surface area (Å²) >= 11 is 0. The number of hydrogen-bond donors (Lipinski definition) is 0. The largest absolute Gasteiger partial charge is 0.454 e. The first-order chi connectivity index (χ1) is 13.1. The minimum Gasteiger partial charge on any atom is -0.454 e. The van der Waals surface area contributed by atoms with Crippen molar-refractivity contribution in [2.24, 2.45) is 0 Å². The number of hydrogen-bond acceptors (Lipinski definition) is 4. The zero-order valence-electron chi connectivity index (χ0n) is 17.0. The summed E-state index contributed by atoms with van der Waals surface area (Å²) in [6.45, 7) is 7.34. The fourth-order valence-corrected chi connectivity index (χ4v) is 3.41. The maximum absolute atomic E-state index is 12.3. The molecule has 1 atom stereocenters. The van der Waals surface area contributed by atoms with E-state index in [0.717, 1.165) is 55.7 Å². The van der Waals surface area contributed by atoms with Crippen LogP contribution in [0.3, 0.4) is 0 Å². The Morgan fingerprint density at radius 3 is 2.59 bits per heavy atom. The van der Waals surface area contributed by atoms with E-state index in [4.69, 9.17) is 14.2 Å². The van der Waals surface area contributed by atoms with Crippen LogP contribution in [0.15, 0.2) is 30.3 Å². The first kappa shape index (κ1) is 21.9. The predicted octanol–water partition coefficient (Wildman–Crippen LogP) is 3.56. The summed E-state index contributed by atoms with van der Waals surface area (Å²) < 4.78 is 18.1. The van der Waals surface area contributed by atoms with Gasteiger partial charge in [-0.25, -0.2) is 0 Å². The second-order valence-corrected chi connectivity index (χ2v) is 7.78. The number of morpholine rings is 1. The highest BCUT2D eigenvalue weighted by molar-refractivity contribution is 5.69. The van der Waals surface area contributed by atoms with Crippen molar-refractivity contribution in [2.75, 3.05) is 46.5 Å². The minimum atomic E-state index is -0.213. The highest BCUT2D eigenvalue weighted by Crippen LogP contribution is 2.13. The lowest BCUT2D eigenvalue weighted by Gasteiger charge is -2.39. The first-order valence-corrected chi connectivity index (χ1v) is 10.3. The number of esters is 1. The van der Waals surface area contributed by atoms with Gasteiger partial charge in [-0.3, -0.25) is 4.79 Å². The average molecular weight is 379 g/mol. The highest BCUT2D eigenvalue weighted by atomic mass is 16.6. The van der Waals surface area contributed by atoms with Crippen molar-refractivity contribution in [3.63, 3.8) is 0 Å². The number of carbonyl (C=O) groups is 1. The summed E-state index contributed by atoms with van der Waals surface area (Å²) in [4.78, 5) is 12.3. The third-order valence-corrected chi connectivity index (χ3v) is 5.14. The molecule has 0 amide bonds. The quantitative estimate of drug-likeness (QED) is 0.317. The Bertz CT molecular complexity index is 528. The van der Waals surface area contributed by atoms with Crippen molar-refractivity contribution in [3.05, 3.63) is 35.9 Å². The molecule has 152 valence electrons. The number of nitrogens with zero attached hydrogens (tertiary/aromatic N) is 1. The van der Waals surface area contributed by atoms with Crippen molar-refractivity contribution in [3.8, 4) is 0 Å². The van der Waals surface area contributed by atoms with Gasteiger partial charge in [0.2, 0.25) is 0 Å². The van der Waals surface area contributed by atoms with Gasteiger partial charge in [0.25, 0.3) is 0 Å². The average Bonchev–Trinajstić information content (AvgIpc) is 2.66. The molecule has 1 aliphatic rings. The van der Waals surface area contributed by atoms with Crippen LogP contribution in [-0.2, 0) is 25.6 Å². The molecule has 0 spiro atoms. The van der Waals surface area contributed by atoms with Crippen LogP contribution in [0.2, 0.25) is 0 Å². The molecule has 2 rings (SSSR count). The van der Waals surface area contributed by atoms with E-state index in [0.29, 0.717) is 19.6 Å². The predicted molar refractivity (Wildman–Crippen MR) is 106 cm³/mol. The van der Waals surface area contributed by atoms with Gasteiger partial charge in [0.15, 0.2) is 6.10 Å². The van der Waals surface area contributed by atoms with Crippen LogP contribution < -0.4 is 0 Å². The molecule has 1 fully saturated rings. The van der Waals surface area contributed by atoms with E-state index < -0.39 is 0 Å². The van der Waals surface area contributed by atoms with Gasteiger partial charge in [-0.15, -0.1) is 0 Å². The van der Waals surface area contributed by atoms with E-state index in [1.807, 2.05) is 30.3 Å². The summed E-state index contributed by atoms with van der Waals surface area (Å²) in [7, 11) is 2.21. The molecule has 5 heteroatoms. The van der Waals surface area contributed by atoms with Gasteiger partial charge in [0.1, 0.15) is 19.6 Å². The maximum atomic E-state index is 12.3. The summed E-state index contributed by atoms with van der Waals surface area (Å²) in [5, 5.41) is 0. The third kappa shape index (κ3) is 8.87. The minimum absolute atomic E-state index is 0.0979. The van der Waals surface area contributed by atoms with Crippen molar-refractivity contribution in [1.29, 1.82) is 0 Å². The Labute approximate surface area is 164 Å². The molecule has 0 aromatic heterocycles. The van der Waals surface area contributed by atoms with Gasteiger partial charge in [0, 0.05) is 6.42 Å². The SMILES string of the molecule is CCCCCCC(=O)O[C@H](COCc1ccccc1)C[N+]1(C)CCOCC1. The summed E-state index contributed by atoms with van der Waals surface area (Å²) in [5.41, 5.74) is 1.13. The van der Waals surface area contributed by atoms with Crippen molar-refractivity contribution in [1.82, 2.24) is 0 Å². The van der Waals surface area contributed by atoms with Crippen LogP contribution >= 0.6 is 0 Å². The first-order valence-electron chi connectivity index (χ1n) is 10.3. The van der Waals surface area contributed by atoms with E-state index >= 15 is 0 Å². The van der Waals surface area contributed by atoms with Gasteiger partial charge in [0.05, 0.1) is 33.5 Å². The molecule has 1 aromatic carbocycles. The van der Waals surface area contributed by atoms with Gasteiger partial charge < -0.3 is 18.7 Å². The number of rotatable bonds is 12. The smallest absolute Gasteiger partial charge is 0.306 e. The number of ether oxygens (including phenoxy) is 3. The van der Waals surface area contributed by atoms with Crippen LogP contribution in [0.1, 0.15) is 44.6 Å². The van der Waals surface area contributed by atoms with Crippen molar-refractivity contribution >= 4 is 5.97 Å². The number of carbonyl (C=O) groups excluding carboxylic acids is 1. The molecule has 0 aliphatic carbocycles. The second kappa shape index (κ2) is 12.1. The summed E-state index contributed by atoms with van der Waals surface area (Å²) in [5.74, 6) is -0.0979. The Balaban J connectivity index is 1.83. The van der Waals surface area contributed by atoms with E-state index in [9.17, 15) is 4.79 Å². The molecule has 1 heterocycles. The molecule has 5 nitrogen and oxygen atoms in total. The van der Waals surface area contributed by atoms with Crippen molar-refractivity contribution in [2.45, 2.75) is 51.7 Å². The molecular formula is C22H36NO4+. The number of likely N-dealkylation sites (N-methyl/N-ethyl adjacent to an activating group) is 1. The fourth-order valence-electron chi connectivity index (χ4n) is 3.41. The van der Waals surface area contributed by atoms with Gasteiger partial charge in [-0.1, -0.05) is 56.5 Å². The van der Waals surface area contributed by atoms with Gasteiger partial charge in [-0.05, 0) is 12.0 Å². The lowest BCUT2D eigenvalue weighted by atomic mass is 10.1. The topological polar surface area (TPSA) is 44.8 Å². The molecule has 1 aromatic rings. The molecule has 1 aliphatic heterocycles. The van der Waals surface area contributed by atoms with E-state index in [2.05, 4.69) is 14.0 Å². The Morgan fingerprint density at radius 1 is 1.15 bits per heavy atom. The second-order valence-electron chi connectivity index (χ2n) is 7.78. The molecule has 1 saturated heterocycles. The van der Waals surface area contributed by atoms with E-state index in [1.165, 1.54) is 12.8 Å². The lowest BCUT2D eigenvalue weighted by Crippen LogP contribution is -2.56. The highest BCUT2D eigenvalue weighted by Gasteiger charge is 2.31. The molecule has 0 N–H and O–H groups in total. The summed E-state index contributed by atoms with van der Waals surface area (Å²) in [6, 6.07) is 10.1. The Hall–Kier alpha value is -1.43. The molecule has 27 heavy (non-hydrogen) atoms. The van der Waals surface area contributed by atoms with E-state index in [-0.39, 0.29) is 12.1 Å². The monoisotopic (exact) mass is 378 g/mol. The van der Waals surface area contributed by atoms with Crippen LogP contribution in [-0.4, -0.2) is 63.1 Å². The van der Waals surface area contributed by atoms with Crippen LogP contribution in [0.4, 0.5) is 0 Å². The number of quaternary nitrogens is 1. The number of unbranched alkanes of at least 4 members (excludes halogenated alkanes) is 3. The Kier molecular flexibility index (Phi) is 9.81. The van der Waals surface area contributed by atoms with Gasteiger partial charge in [-0.2, -0.15) is 0 Å². The normalized spacial score (nSPS) is 17.4. The molecule has 0 unspecified atom stereocenters. The number of benzene rings is 1. The van der Waals surface area contributed by atoms with Crippen LogP contribution in [0.5, 0.6) is 0 Å². The lowest BCUT2D eigenvalue weighted by molar-refractivity contribution is -0.919. The molecule has 0 radical (unpaired) electrons. The zero-order chi connectivity index (χ0) is 19.4. The standard InChI is InChI=1S/C22H36NO4/c1-3-4-5-9-12-22(24)27-21(17-23(2)13-15-25-16-14-23)19-26-18-20-10-7-6-8-11-20/h6-8,10-11,21H,3-5,9,12-19H2,1-2H3/q+1/t21-/m0/s1. The van der Waals surface area contributed by atoms with Crippen LogP contribution in [0, 0.1) is 0 Å². The van der Waals surface area contributed by atoms with Gasteiger partial charge >= 0.3 is 5.97 Å². The zero-order valence-corrected chi connectivity index (χ0v) is 17.0. The molecule has 0 saturated carbocycles. The molecule has 0 bridgehead atoms. The maximum Gasteiger partial charge on any atom is 0.306 e.